The maximum absolute atomic E-state index is 12.4. The molecule has 1 aromatic heterocycles. The second-order valence-corrected chi connectivity index (χ2v) is 5.01. The molecular weight excluding hydrogens is 308 g/mol. The van der Waals surface area contributed by atoms with E-state index in [-0.39, 0.29) is 13.2 Å². The largest absolute Gasteiger partial charge is 0.462 e. The smallest absolute Gasteiger partial charge is 0.414 e. The van der Waals surface area contributed by atoms with E-state index in [1.54, 1.807) is 11.1 Å². The van der Waals surface area contributed by atoms with Crippen molar-refractivity contribution in [2.24, 2.45) is 0 Å². The molecule has 24 heavy (non-hydrogen) atoms. The molecular formula is C18H20N2O4. The first-order valence-electron chi connectivity index (χ1n) is 7.69. The van der Waals surface area contributed by atoms with Crippen LogP contribution in [0.2, 0.25) is 0 Å². The number of hydrogen-bond acceptors (Lipinski definition) is 5. The van der Waals surface area contributed by atoms with Gasteiger partial charge in [0.05, 0.1) is 0 Å². The number of ether oxygens (including phenoxy) is 2. The van der Waals surface area contributed by atoms with Gasteiger partial charge in [-0.05, 0) is 24.3 Å². The van der Waals surface area contributed by atoms with Crippen LogP contribution in [0.1, 0.15) is 12.6 Å². The number of amides is 1. The Labute approximate surface area is 141 Å². The molecule has 0 spiro atoms. The summed E-state index contributed by atoms with van der Waals surface area (Å²) >= 11 is 0. The topological polar surface area (TPSA) is 68.7 Å². The van der Waals surface area contributed by atoms with Gasteiger partial charge >= 0.3 is 12.1 Å². The summed E-state index contributed by atoms with van der Waals surface area (Å²) in [6.45, 7) is 1.81. The van der Waals surface area contributed by atoms with E-state index in [9.17, 15) is 9.59 Å². The minimum atomic E-state index is -0.482. The lowest BCUT2D eigenvalue weighted by Crippen LogP contribution is -2.34. The Morgan fingerprint density at radius 2 is 1.71 bits per heavy atom. The third-order valence-electron chi connectivity index (χ3n) is 3.22. The monoisotopic (exact) mass is 328 g/mol. The van der Waals surface area contributed by atoms with E-state index in [1.807, 2.05) is 48.5 Å². The third kappa shape index (κ3) is 5.72. The number of pyridine rings is 1. The number of esters is 1. The Balaban J connectivity index is 1.97. The van der Waals surface area contributed by atoms with Crippen LogP contribution in [0.15, 0.2) is 54.7 Å². The number of aromatic nitrogens is 1. The van der Waals surface area contributed by atoms with Crippen LogP contribution < -0.4 is 4.90 Å². The van der Waals surface area contributed by atoms with Crippen molar-refractivity contribution < 1.29 is 19.1 Å². The lowest BCUT2D eigenvalue weighted by molar-refractivity contribution is -0.141. The van der Waals surface area contributed by atoms with Crippen molar-refractivity contribution in [2.45, 2.75) is 13.3 Å². The number of hydrogen-bond donors (Lipinski definition) is 0. The number of anilines is 1. The summed E-state index contributed by atoms with van der Waals surface area (Å²) < 4.78 is 9.95. The number of para-hydroxylation sites is 1. The van der Waals surface area contributed by atoms with Crippen LogP contribution in [-0.4, -0.2) is 36.8 Å². The van der Waals surface area contributed by atoms with Gasteiger partial charge in [0.1, 0.15) is 13.2 Å². The molecule has 2 aromatic rings. The van der Waals surface area contributed by atoms with E-state index >= 15 is 0 Å². The minimum Gasteiger partial charge on any atom is -0.462 e. The molecule has 0 unspecified atom stereocenters. The molecule has 0 radical (unpaired) electrons. The zero-order chi connectivity index (χ0) is 17.2. The molecule has 0 saturated heterocycles. The Hall–Kier alpha value is -2.89. The molecule has 6 heteroatoms. The molecule has 6 nitrogen and oxygen atoms in total. The van der Waals surface area contributed by atoms with Gasteiger partial charge in [-0.1, -0.05) is 24.3 Å². The van der Waals surface area contributed by atoms with Crippen LogP contribution >= 0.6 is 0 Å². The number of nitrogens with zero attached hydrogens (tertiary/aromatic N) is 2. The molecule has 0 aliphatic rings. The van der Waals surface area contributed by atoms with Crippen molar-refractivity contribution >= 4 is 17.7 Å². The lowest BCUT2D eigenvalue weighted by Gasteiger charge is -2.22. The van der Waals surface area contributed by atoms with E-state index in [4.69, 9.17) is 9.47 Å². The molecule has 0 fully saturated rings. The molecule has 0 saturated carbocycles. The van der Waals surface area contributed by atoms with Crippen LogP contribution in [0.25, 0.3) is 0 Å². The summed E-state index contributed by atoms with van der Waals surface area (Å²) in [5.74, 6) is -0.402. The van der Waals surface area contributed by atoms with Gasteiger partial charge in [0.25, 0.3) is 0 Å². The molecule has 0 atom stereocenters. The summed E-state index contributed by atoms with van der Waals surface area (Å²) in [5.41, 5.74) is 1.64. The van der Waals surface area contributed by atoms with E-state index in [1.165, 1.54) is 6.92 Å². The predicted molar refractivity (Wildman–Crippen MR) is 89.7 cm³/mol. The van der Waals surface area contributed by atoms with Crippen LogP contribution in [0.5, 0.6) is 0 Å². The molecule has 0 aliphatic heterocycles. The van der Waals surface area contributed by atoms with Gasteiger partial charge in [-0.2, -0.15) is 0 Å². The Bertz CT molecular complexity index is 647. The Morgan fingerprint density at radius 3 is 2.38 bits per heavy atom. The summed E-state index contributed by atoms with van der Waals surface area (Å²) in [4.78, 5) is 28.9. The molecule has 0 N–H and O–H groups in total. The average Bonchev–Trinajstić information content (AvgIpc) is 2.60. The first-order chi connectivity index (χ1) is 11.7. The van der Waals surface area contributed by atoms with Crippen molar-refractivity contribution in [1.29, 1.82) is 0 Å². The van der Waals surface area contributed by atoms with Gasteiger partial charge in [0.2, 0.25) is 0 Å². The predicted octanol–water partition coefficient (Wildman–Crippen LogP) is 2.83. The van der Waals surface area contributed by atoms with Crippen LogP contribution in [-0.2, 0) is 20.7 Å². The summed E-state index contributed by atoms with van der Waals surface area (Å²) in [6, 6.07) is 14.9. The first kappa shape index (κ1) is 17.5. The fourth-order valence-electron chi connectivity index (χ4n) is 2.10. The van der Waals surface area contributed by atoms with Crippen molar-refractivity contribution in [3.63, 3.8) is 0 Å². The molecule has 1 amide bonds. The molecule has 0 aliphatic carbocycles. The molecule has 0 bridgehead atoms. The van der Waals surface area contributed by atoms with Crippen LogP contribution in [0.4, 0.5) is 10.5 Å². The highest BCUT2D eigenvalue weighted by Crippen LogP contribution is 2.15. The minimum absolute atomic E-state index is 0.0192. The van der Waals surface area contributed by atoms with Gasteiger partial charge in [0.15, 0.2) is 0 Å². The van der Waals surface area contributed by atoms with Crippen molar-refractivity contribution in [3.05, 3.63) is 60.4 Å². The van der Waals surface area contributed by atoms with E-state index in [0.29, 0.717) is 13.0 Å². The second-order valence-electron chi connectivity index (χ2n) is 5.01. The SMILES string of the molecule is CC(=O)OCCOC(=O)N(CCc1ccccn1)c1ccccc1. The highest BCUT2D eigenvalue weighted by atomic mass is 16.6. The second kappa shape index (κ2) is 9.29. The maximum atomic E-state index is 12.4. The molecule has 1 aromatic carbocycles. The number of benzene rings is 1. The van der Waals surface area contributed by atoms with Crippen molar-refractivity contribution in [2.75, 3.05) is 24.7 Å². The van der Waals surface area contributed by atoms with E-state index < -0.39 is 12.1 Å². The molecule has 126 valence electrons. The maximum Gasteiger partial charge on any atom is 0.414 e. The van der Waals surface area contributed by atoms with Crippen molar-refractivity contribution in [3.8, 4) is 0 Å². The van der Waals surface area contributed by atoms with Gasteiger partial charge in [-0.25, -0.2) is 4.79 Å². The lowest BCUT2D eigenvalue weighted by atomic mass is 10.2. The number of carbonyl (C=O) groups excluding carboxylic acids is 2. The number of carbonyl (C=O) groups is 2. The zero-order valence-electron chi connectivity index (χ0n) is 13.6. The number of rotatable bonds is 7. The first-order valence-corrected chi connectivity index (χ1v) is 7.69. The van der Waals surface area contributed by atoms with E-state index in [0.717, 1.165) is 11.4 Å². The Morgan fingerprint density at radius 1 is 1.00 bits per heavy atom. The standard InChI is InChI=1S/C18H20N2O4/c1-15(21)23-13-14-24-18(22)20(17-8-3-2-4-9-17)12-10-16-7-5-6-11-19-16/h2-9,11H,10,12-14H2,1H3. The Kier molecular flexibility index (Phi) is 6.76. The van der Waals surface area contributed by atoms with Gasteiger partial charge < -0.3 is 9.47 Å². The van der Waals surface area contributed by atoms with Gasteiger partial charge in [-0.15, -0.1) is 0 Å². The highest BCUT2D eigenvalue weighted by Gasteiger charge is 2.17. The fraction of sp³-hybridized carbons (Fsp3) is 0.278. The van der Waals surface area contributed by atoms with Crippen LogP contribution in [0.3, 0.4) is 0 Å². The summed E-state index contributed by atoms with van der Waals surface area (Å²) in [6.07, 6.45) is 1.85. The normalized spacial score (nSPS) is 10.0. The molecule has 1 heterocycles. The summed E-state index contributed by atoms with van der Waals surface area (Å²) in [7, 11) is 0. The van der Waals surface area contributed by atoms with Crippen molar-refractivity contribution in [1.82, 2.24) is 4.98 Å². The summed E-state index contributed by atoms with van der Waals surface area (Å²) in [5, 5.41) is 0. The average molecular weight is 328 g/mol. The van der Waals surface area contributed by atoms with Crippen LogP contribution in [0, 0.1) is 0 Å². The quantitative estimate of drug-likeness (QED) is 0.577. The third-order valence-corrected chi connectivity index (χ3v) is 3.22. The zero-order valence-corrected chi connectivity index (χ0v) is 13.6. The fourth-order valence-corrected chi connectivity index (χ4v) is 2.10. The highest BCUT2D eigenvalue weighted by molar-refractivity contribution is 5.87. The van der Waals surface area contributed by atoms with Gasteiger partial charge in [-0.3, -0.25) is 14.7 Å². The van der Waals surface area contributed by atoms with Gasteiger partial charge in [0, 0.05) is 37.5 Å². The van der Waals surface area contributed by atoms with E-state index in [2.05, 4.69) is 4.98 Å². The molecule has 2 rings (SSSR count).